The predicted molar refractivity (Wildman–Crippen MR) is 118 cm³/mol. The van der Waals surface area contributed by atoms with Gasteiger partial charge in [0.05, 0.1) is 48.0 Å². The average Bonchev–Trinajstić information content (AvgIpc) is 3.43. The number of carbonyl (C=O) groups is 2. The van der Waals surface area contributed by atoms with Crippen molar-refractivity contribution in [2.45, 2.75) is 19.6 Å². The summed E-state index contributed by atoms with van der Waals surface area (Å²) in [7, 11) is 0. The van der Waals surface area contributed by atoms with Crippen molar-refractivity contribution in [3.63, 3.8) is 0 Å². The molecule has 1 aromatic carbocycles. The van der Waals surface area contributed by atoms with Gasteiger partial charge in [-0.05, 0) is 24.3 Å². The maximum Gasteiger partial charge on any atom is 0.414 e. The Hall–Kier alpha value is -4.55. The van der Waals surface area contributed by atoms with E-state index in [1.54, 1.807) is 12.3 Å². The van der Waals surface area contributed by atoms with Crippen molar-refractivity contribution in [2.24, 2.45) is 0 Å². The zero-order valence-electron chi connectivity index (χ0n) is 18.0. The Labute approximate surface area is 192 Å². The highest BCUT2D eigenvalue weighted by atomic mass is 19.1. The minimum atomic E-state index is -0.613. The van der Waals surface area contributed by atoms with E-state index in [1.165, 1.54) is 47.0 Å². The number of nitrogens with zero attached hydrogens (tertiary/aromatic N) is 5. The van der Waals surface area contributed by atoms with Gasteiger partial charge in [0.1, 0.15) is 23.9 Å². The van der Waals surface area contributed by atoms with Crippen LogP contribution in [0.1, 0.15) is 12.6 Å². The van der Waals surface area contributed by atoms with Crippen molar-refractivity contribution < 1.29 is 23.6 Å². The Morgan fingerprint density at radius 2 is 2.15 bits per heavy atom. The Bertz CT molecular complexity index is 1230. The molecule has 1 atom stereocenters. The lowest BCUT2D eigenvalue weighted by atomic mass is 10.2. The smallest absolute Gasteiger partial charge is 0.414 e. The minimum absolute atomic E-state index is 0.112. The number of amides is 2. The van der Waals surface area contributed by atoms with Crippen LogP contribution in [0.5, 0.6) is 0 Å². The van der Waals surface area contributed by atoms with Crippen molar-refractivity contribution in [3.8, 4) is 5.69 Å². The number of anilines is 2. The molecule has 0 aliphatic carbocycles. The maximum atomic E-state index is 14.9. The first-order chi connectivity index (χ1) is 16.3. The number of hydrogen-bond donors (Lipinski definition) is 2. The van der Waals surface area contributed by atoms with Crippen molar-refractivity contribution in [1.29, 1.82) is 0 Å². The van der Waals surface area contributed by atoms with E-state index in [-0.39, 0.29) is 36.9 Å². The number of nitro groups is 1. The molecule has 0 radical (unpaired) electrons. The monoisotopic (exact) mass is 469 g/mol. The van der Waals surface area contributed by atoms with Crippen LogP contribution in [0, 0.1) is 15.9 Å². The first-order valence-corrected chi connectivity index (χ1v) is 10.2. The largest absolute Gasteiger partial charge is 0.442 e. The predicted octanol–water partition coefficient (Wildman–Crippen LogP) is 2.39. The van der Waals surface area contributed by atoms with Gasteiger partial charge >= 0.3 is 6.09 Å². The Balaban J connectivity index is 1.40. The molecule has 1 saturated heterocycles. The summed E-state index contributed by atoms with van der Waals surface area (Å²) in [4.78, 5) is 42.9. The molecule has 12 nitrogen and oxygen atoms in total. The molecule has 0 saturated carbocycles. The van der Waals surface area contributed by atoms with Crippen LogP contribution in [0.25, 0.3) is 5.69 Å². The quantitative estimate of drug-likeness (QED) is 0.378. The van der Waals surface area contributed by atoms with Gasteiger partial charge in [-0.15, -0.1) is 0 Å². The minimum Gasteiger partial charge on any atom is -0.442 e. The first kappa shape index (κ1) is 22.6. The molecular formula is C21H20FN7O5. The molecule has 4 rings (SSSR count). The summed E-state index contributed by atoms with van der Waals surface area (Å²) in [5.41, 5.74) is 1.05. The number of rotatable bonds is 8. The number of ether oxygens (including phenoxy) is 1. The van der Waals surface area contributed by atoms with Gasteiger partial charge in [0, 0.05) is 19.2 Å². The SMILES string of the molecule is CC(=O)NCC1CN(c2ccc(-n3cnc(CNc4ccc([N+](=O)[O-])cn4)c3)c(F)c2)C(=O)O1. The van der Waals surface area contributed by atoms with Crippen LogP contribution in [0.3, 0.4) is 0 Å². The van der Waals surface area contributed by atoms with Crippen LogP contribution >= 0.6 is 0 Å². The zero-order chi connectivity index (χ0) is 24.2. The summed E-state index contributed by atoms with van der Waals surface area (Å²) in [6.45, 7) is 2.01. The van der Waals surface area contributed by atoms with Crippen molar-refractivity contribution >= 4 is 29.2 Å². The lowest BCUT2D eigenvalue weighted by Gasteiger charge is -2.14. The highest BCUT2D eigenvalue weighted by Crippen LogP contribution is 2.25. The fourth-order valence-corrected chi connectivity index (χ4v) is 3.34. The fourth-order valence-electron chi connectivity index (χ4n) is 3.34. The third kappa shape index (κ3) is 5.09. The van der Waals surface area contributed by atoms with Gasteiger partial charge in [0.25, 0.3) is 5.69 Å². The third-order valence-electron chi connectivity index (χ3n) is 5.02. The van der Waals surface area contributed by atoms with E-state index in [9.17, 15) is 24.1 Å². The number of imidazole rings is 1. The lowest BCUT2D eigenvalue weighted by Crippen LogP contribution is -2.33. The molecule has 1 fully saturated rings. The van der Waals surface area contributed by atoms with E-state index < -0.39 is 22.9 Å². The second kappa shape index (κ2) is 9.52. The van der Waals surface area contributed by atoms with Gasteiger partial charge in [-0.3, -0.25) is 19.8 Å². The molecule has 1 unspecified atom stereocenters. The van der Waals surface area contributed by atoms with Gasteiger partial charge in [-0.1, -0.05) is 0 Å². The van der Waals surface area contributed by atoms with Crippen LogP contribution in [-0.4, -0.2) is 50.7 Å². The molecule has 1 aliphatic rings. The van der Waals surface area contributed by atoms with Crippen molar-refractivity contribution in [2.75, 3.05) is 23.3 Å². The highest BCUT2D eigenvalue weighted by molar-refractivity contribution is 5.90. The highest BCUT2D eigenvalue weighted by Gasteiger charge is 2.32. The summed E-state index contributed by atoms with van der Waals surface area (Å²) in [5.74, 6) is -0.363. The van der Waals surface area contributed by atoms with Crippen molar-refractivity contribution in [1.82, 2.24) is 19.9 Å². The van der Waals surface area contributed by atoms with E-state index >= 15 is 0 Å². The Kier molecular flexibility index (Phi) is 6.34. The number of pyridine rings is 1. The molecule has 0 spiro atoms. The van der Waals surface area contributed by atoms with E-state index in [0.29, 0.717) is 17.2 Å². The standard InChI is InChI=1S/C21H20FN7O5/c1-13(30)23-9-17-11-28(21(31)34-17)15-2-4-19(18(22)6-15)27-10-14(26-12-27)7-24-20-5-3-16(8-25-20)29(32)33/h2-6,8,10,12,17H,7,9,11H2,1H3,(H,23,30)(H,24,25). The zero-order valence-corrected chi connectivity index (χ0v) is 18.0. The molecule has 2 aromatic heterocycles. The molecule has 1 aliphatic heterocycles. The van der Waals surface area contributed by atoms with E-state index in [2.05, 4.69) is 20.6 Å². The van der Waals surface area contributed by atoms with Gasteiger partial charge in [-0.2, -0.15) is 0 Å². The number of halogens is 1. The Morgan fingerprint density at radius 3 is 2.82 bits per heavy atom. The molecule has 176 valence electrons. The number of aromatic nitrogens is 3. The topological polar surface area (TPSA) is 145 Å². The van der Waals surface area contributed by atoms with Gasteiger partial charge < -0.3 is 19.9 Å². The van der Waals surface area contributed by atoms with Crippen LogP contribution in [0.2, 0.25) is 0 Å². The molecule has 3 heterocycles. The molecular weight excluding hydrogens is 449 g/mol. The number of nitrogens with one attached hydrogen (secondary N) is 2. The molecule has 3 aromatic rings. The van der Waals surface area contributed by atoms with Crippen LogP contribution in [0.4, 0.5) is 26.4 Å². The summed E-state index contributed by atoms with van der Waals surface area (Å²) in [5, 5.41) is 16.3. The van der Waals surface area contributed by atoms with E-state index in [4.69, 9.17) is 4.74 Å². The van der Waals surface area contributed by atoms with Crippen LogP contribution in [-0.2, 0) is 16.1 Å². The number of cyclic esters (lactones) is 1. The Morgan fingerprint density at radius 1 is 1.32 bits per heavy atom. The van der Waals surface area contributed by atoms with Crippen molar-refractivity contribution in [3.05, 3.63) is 70.7 Å². The normalized spacial score (nSPS) is 15.2. The summed E-state index contributed by atoms with van der Waals surface area (Å²) in [6, 6.07) is 7.17. The summed E-state index contributed by atoms with van der Waals surface area (Å²) in [6.07, 6.45) is 3.10. The molecule has 2 N–H and O–H groups in total. The van der Waals surface area contributed by atoms with Gasteiger partial charge in [0.15, 0.2) is 0 Å². The second-order valence-electron chi connectivity index (χ2n) is 7.47. The number of carbonyl (C=O) groups excluding carboxylic acids is 2. The molecule has 34 heavy (non-hydrogen) atoms. The summed E-state index contributed by atoms with van der Waals surface area (Å²) < 4.78 is 21.6. The molecule has 2 amide bonds. The summed E-state index contributed by atoms with van der Waals surface area (Å²) >= 11 is 0. The number of hydrogen-bond acceptors (Lipinski definition) is 8. The first-order valence-electron chi connectivity index (χ1n) is 10.2. The van der Waals surface area contributed by atoms with Crippen LogP contribution in [0.15, 0.2) is 49.1 Å². The number of benzene rings is 1. The molecule has 13 heteroatoms. The molecule has 0 bridgehead atoms. The van der Waals surface area contributed by atoms with Gasteiger partial charge in [-0.25, -0.2) is 19.2 Å². The second-order valence-corrected chi connectivity index (χ2v) is 7.47. The average molecular weight is 469 g/mol. The van der Waals surface area contributed by atoms with Gasteiger partial charge in [0.2, 0.25) is 5.91 Å². The fraction of sp³-hybridized carbons (Fsp3) is 0.238. The van der Waals surface area contributed by atoms with E-state index in [1.807, 2.05) is 0 Å². The lowest BCUT2D eigenvalue weighted by molar-refractivity contribution is -0.385. The van der Waals surface area contributed by atoms with Crippen LogP contribution < -0.4 is 15.5 Å². The third-order valence-corrected chi connectivity index (χ3v) is 5.02. The van der Waals surface area contributed by atoms with E-state index in [0.717, 1.165) is 6.20 Å². The maximum absolute atomic E-state index is 14.9.